The summed E-state index contributed by atoms with van der Waals surface area (Å²) in [7, 11) is 0. The lowest BCUT2D eigenvalue weighted by atomic mass is 10.0. The molecule has 0 spiro atoms. The molecule has 11 heteroatoms. The first-order valence-electron chi connectivity index (χ1n) is 10.1. The standard InChI is InChI=1S/C23H19ClF2N6O2/c1-11(2)32-9-16(18-21(27)28-10-29-22(18)32)20(33)15-4-3-5-17(19(15)24)31-23(34)30-14-7-12(25)6-13(26)8-14/h3-11H,1-2H3,(H2,27,28,29)(H2,30,31,34). The topological polar surface area (TPSA) is 115 Å². The normalized spacial score (nSPS) is 11.1. The molecule has 0 radical (unpaired) electrons. The first kappa shape index (κ1) is 23.1. The van der Waals surface area contributed by atoms with Crippen LogP contribution in [-0.4, -0.2) is 26.3 Å². The van der Waals surface area contributed by atoms with Crippen LogP contribution in [-0.2, 0) is 0 Å². The van der Waals surface area contributed by atoms with E-state index in [1.807, 2.05) is 18.4 Å². The van der Waals surface area contributed by atoms with E-state index in [2.05, 4.69) is 20.6 Å². The van der Waals surface area contributed by atoms with E-state index in [9.17, 15) is 18.4 Å². The van der Waals surface area contributed by atoms with Gasteiger partial charge in [-0.05, 0) is 38.1 Å². The Hall–Kier alpha value is -4.05. The summed E-state index contributed by atoms with van der Waals surface area (Å²) in [4.78, 5) is 34.1. The molecule has 0 unspecified atom stereocenters. The minimum atomic E-state index is -0.843. The van der Waals surface area contributed by atoms with E-state index in [4.69, 9.17) is 17.3 Å². The molecular weight excluding hydrogens is 466 g/mol. The third kappa shape index (κ3) is 4.40. The molecule has 4 aromatic rings. The Labute approximate surface area is 197 Å². The van der Waals surface area contributed by atoms with Crippen molar-refractivity contribution in [2.24, 2.45) is 0 Å². The first-order valence-corrected chi connectivity index (χ1v) is 10.5. The minimum Gasteiger partial charge on any atom is -0.383 e. The van der Waals surface area contributed by atoms with Crippen molar-refractivity contribution in [1.82, 2.24) is 14.5 Å². The summed E-state index contributed by atoms with van der Waals surface area (Å²) < 4.78 is 28.6. The second-order valence-electron chi connectivity index (χ2n) is 7.73. The monoisotopic (exact) mass is 484 g/mol. The maximum absolute atomic E-state index is 13.5. The predicted octanol–water partition coefficient (Wildman–Crippen LogP) is 5.40. The van der Waals surface area contributed by atoms with Crippen molar-refractivity contribution in [3.63, 3.8) is 0 Å². The highest BCUT2D eigenvalue weighted by molar-refractivity contribution is 6.38. The van der Waals surface area contributed by atoms with E-state index in [-0.39, 0.29) is 39.4 Å². The number of rotatable bonds is 5. The quantitative estimate of drug-likeness (QED) is 0.328. The lowest BCUT2D eigenvalue weighted by molar-refractivity contribution is 0.104. The van der Waals surface area contributed by atoms with Crippen LogP contribution < -0.4 is 16.4 Å². The Morgan fingerprint density at radius 1 is 1.06 bits per heavy atom. The average Bonchev–Trinajstić information content (AvgIpc) is 3.15. The van der Waals surface area contributed by atoms with Gasteiger partial charge in [0.25, 0.3) is 0 Å². The number of carbonyl (C=O) groups is 2. The highest BCUT2D eigenvalue weighted by atomic mass is 35.5. The number of fused-ring (bicyclic) bond motifs is 1. The largest absolute Gasteiger partial charge is 0.383 e. The number of ketones is 1. The molecule has 2 amide bonds. The van der Waals surface area contributed by atoms with Crippen LogP contribution in [0.25, 0.3) is 11.0 Å². The van der Waals surface area contributed by atoms with Gasteiger partial charge in [-0.25, -0.2) is 23.5 Å². The van der Waals surface area contributed by atoms with Crippen molar-refractivity contribution >= 4 is 51.6 Å². The summed E-state index contributed by atoms with van der Waals surface area (Å²) in [5, 5.41) is 5.18. The summed E-state index contributed by atoms with van der Waals surface area (Å²) in [5.41, 5.74) is 6.97. The van der Waals surface area contributed by atoms with Crippen LogP contribution >= 0.6 is 11.6 Å². The Morgan fingerprint density at radius 3 is 2.44 bits per heavy atom. The first-order chi connectivity index (χ1) is 16.2. The van der Waals surface area contributed by atoms with Crippen molar-refractivity contribution < 1.29 is 18.4 Å². The van der Waals surface area contributed by atoms with Crippen molar-refractivity contribution in [2.45, 2.75) is 19.9 Å². The van der Waals surface area contributed by atoms with Crippen LogP contribution in [0.3, 0.4) is 0 Å². The molecule has 0 saturated carbocycles. The molecule has 0 fully saturated rings. The van der Waals surface area contributed by atoms with E-state index in [1.54, 1.807) is 6.20 Å². The lowest BCUT2D eigenvalue weighted by Crippen LogP contribution is -2.20. The Balaban J connectivity index is 1.66. The fourth-order valence-electron chi connectivity index (χ4n) is 3.53. The van der Waals surface area contributed by atoms with Crippen LogP contribution in [0.2, 0.25) is 5.02 Å². The molecule has 0 atom stereocenters. The van der Waals surface area contributed by atoms with Crippen molar-refractivity contribution in [3.8, 4) is 0 Å². The highest BCUT2D eigenvalue weighted by Gasteiger charge is 2.24. The van der Waals surface area contributed by atoms with Gasteiger partial charge in [0.15, 0.2) is 5.78 Å². The number of nitrogen functional groups attached to an aromatic ring is 1. The van der Waals surface area contributed by atoms with Gasteiger partial charge in [0.05, 0.1) is 21.7 Å². The minimum absolute atomic E-state index is 0.00169. The summed E-state index contributed by atoms with van der Waals surface area (Å²) >= 11 is 6.46. The molecule has 0 aliphatic carbocycles. The van der Waals surface area contributed by atoms with Crippen molar-refractivity contribution in [2.75, 3.05) is 16.4 Å². The molecule has 4 rings (SSSR count). The Morgan fingerprint density at radius 2 is 1.76 bits per heavy atom. The zero-order chi connectivity index (χ0) is 24.6. The van der Waals surface area contributed by atoms with Crippen LogP contribution in [0.5, 0.6) is 0 Å². The third-order valence-corrected chi connectivity index (χ3v) is 5.46. The van der Waals surface area contributed by atoms with Crippen LogP contribution in [0.4, 0.5) is 30.8 Å². The SMILES string of the molecule is CC(C)n1cc(C(=O)c2cccc(NC(=O)Nc3cc(F)cc(F)c3)c2Cl)c2c(N)ncnc21. The van der Waals surface area contributed by atoms with E-state index in [1.165, 1.54) is 24.5 Å². The molecule has 34 heavy (non-hydrogen) atoms. The van der Waals surface area contributed by atoms with Gasteiger partial charge in [0, 0.05) is 29.6 Å². The van der Waals surface area contributed by atoms with Crippen molar-refractivity contribution in [1.29, 1.82) is 0 Å². The summed E-state index contributed by atoms with van der Waals surface area (Å²) in [6.07, 6.45) is 2.97. The number of nitrogens with one attached hydrogen (secondary N) is 2. The van der Waals surface area contributed by atoms with Gasteiger partial charge in [-0.1, -0.05) is 17.7 Å². The van der Waals surface area contributed by atoms with Gasteiger partial charge in [0.1, 0.15) is 29.4 Å². The summed E-state index contributed by atoms with van der Waals surface area (Å²) in [5.74, 6) is -1.97. The average molecular weight is 485 g/mol. The number of hydrogen-bond acceptors (Lipinski definition) is 5. The molecule has 2 aromatic carbocycles. The molecule has 0 aliphatic heterocycles. The van der Waals surface area contributed by atoms with Crippen LogP contribution in [0.1, 0.15) is 35.8 Å². The second kappa shape index (κ2) is 9.06. The maximum atomic E-state index is 13.5. The molecule has 2 aromatic heterocycles. The van der Waals surface area contributed by atoms with E-state index < -0.39 is 23.4 Å². The molecule has 174 valence electrons. The molecule has 0 bridgehead atoms. The fraction of sp³-hybridized carbons (Fsp3) is 0.130. The van der Waals surface area contributed by atoms with Crippen LogP contribution in [0.15, 0.2) is 48.9 Å². The van der Waals surface area contributed by atoms with E-state index >= 15 is 0 Å². The van der Waals surface area contributed by atoms with Gasteiger partial charge in [-0.3, -0.25) is 4.79 Å². The Bertz CT molecular complexity index is 1420. The second-order valence-corrected chi connectivity index (χ2v) is 8.11. The Kier molecular flexibility index (Phi) is 6.16. The maximum Gasteiger partial charge on any atom is 0.323 e. The number of nitrogens with zero attached hydrogens (tertiary/aromatic N) is 3. The number of amides is 2. The smallest absolute Gasteiger partial charge is 0.323 e. The summed E-state index contributed by atoms with van der Waals surface area (Å²) in [6, 6.07) is 6.33. The molecular formula is C23H19ClF2N6O2. The van der Waals surface area contributed by atoms with Gasteiger partial charge < -0.3 is 20.9 Å². The lowest BCUT2D eigenvalue weighted by Gasteiger charge is -2.12. The molecule has 4 N–H and O–H groups in total. The zero-order valence-electron chi connectivity index (χ0n) is 18.1. The van der Waals surface area contributed by atoms with Gasteiger partial charge in [0.2, 0.25) is 0 Å². The van der Waals surface area contributed by atoms with E-state index in [0.29, 0.717) is 17.1 Å². The van der Waals surface area contributed by atoms with Gasteiger partial charge >= 0.3 is 6.03 Å². The third-order valence-electron chi connectivity index (χ3n) is 5.05. The number of aromatic nitrogens is 3. The molecule has 0 aliphatic rings. The highest BCUT2D eigenvalue weighted by Crippen LogP contribution is 2.32. The fourth-order valence-corrected chi connectivity index (χ4v) is 3.79. The van der Waals surface area contributed by atoms with Crippen molar-refractivity contribution in [3.05, 3.63) is 76.7 Å². The molecule has 0 saturated heterocycles. The molecule has 2 heterocycles. The number of halogens is 3. The number of benzene rings is 2. The van der Waals surface area contributed by atoms with Crippen LogP contribution in [0, 0.1) is 11.6 Å². The number of urea groups is 1. The number of carbonyl (C=O) groups excluding carboxylic acids is 2. The molecule has 8 nitrogen and oxygen atoms in total. The van der Waals surface area contributed by atoms with E-state index in [0.717, 1.165) is 12.1 Å². The van der Waals surface area contributed by atoms with Gasteiger partial charge in [-0.2, -0.15) is 0 Å². The predicted molar refractivity (Wildman–Crippen MR) is 126 cm³/mol. The van der Waals surface area contributed by atoms with Gasteiger partial charge in [-0.15, -0.1) is 0 Å². The number of nitrogens with two attached hydrogens (primary N) is 1. The summed E-state index contributed by atoms with van der Waals surface area (Å²) in [6.45, 7) is 3.87. The zero-order valence-corrected chi connectivity index (χ0v) is 18.8. The number of hydrogen-bond donors (Lipinski definition) is 3. The number of anilines is 3.